The molecule has 2 aromatic rings. The van der Waals surface area contributed by atoms with Crippen molar-refractivity contribution in [1.82, 2.24) is 10.6 Å². The fraction of sp³-hybridized carbons (Fsp3) is 0.318. The highest BCUT2D eigenvalue weighted by Crippen LogP contribution is 2.24. The van der Waals surface area contributed by atoms with E-state index in [4.69, 9.17) is 5.73 Å². The van der Waals surface area contributed by atoms with Gasteiger partial charge in [0.15, 0.2) is 0 Å². The monoisotopic (exact) mass is 394 g/mol. The van der Waals surface area contributed by atoms with Gasteiger partial charge in [0.25, 0.3) is 5.91 Å². The highest BCUT2D eigenvalue weighted by Gasteiger charge is 2.24. The zero-order chi connectivity index (χ0) is 21.0. The fourth-order valence-electron chi connectivity index (χ4n) is 3.17. The Kier molecular flexibility index (Phi) is 6.16. The summed E-state index contributed by atoms with van der Waals surface area (Å²) >= 11 is 0. The number of benzene rings is 2. The molecule has 0 heterocycles. The number of nitrogens with one attached hydrogen (secondary N) is 3. The van der Waals surface area contributed by atoms with Crippen LogP contribution in [0.2, 0.25) is 0 Å². The van der Waals surface area contributed by atoms with Crippen molar-refractivity contribution >= 4 is 23.5 Å². The Hall–Kier alpha value is -3.35. The molecule has 1 saturated carbocycles. The van der Waals surface area contributed by atoms with Gasteiger partial charge in [-0.1, -0.05) is 30.3 Å². The third kappa shape index (κ3) is 5.57. The molecule has 1 aliphatic carbocycles. The maximum Gasteiger partial charge on any atom is 0.312 e. The molecular weight excluding hydrogens is 368 g/mol. The van der Waals surface area contributed by atoms with Crippen molar-refractivity contribution in [3.05, 3.63) is 64.7 Å². The molecular formula is C22H26N4O3. The van der Waals surface area contributed by atoms with Crippen LogP contribution in [0.4, 0.5) is 10.5 Å². The van der Waals surface area contributed by atoms with Gasteiger partial charge in [-0.25, -0.2) is 4.79 Å². The minimum Gasteiger partial charge on any atom is -0.352 e. The van der Waals surface area contributed by atoms with Gasteiger partial charge in [0, 0.05) is 17.3 Å². The molecule has 4 amide bonds. The molecule has 0 bridgehead atoms. The van der Waals surface area contributed by atoms with E-state index < -0.39 is 12.1 Å². The number of anilines is 1. The Labute approximate surface area is 170 Å². The van der Waals surface area contributed by atoms with Crippen LogP contribution in [-0.2, 0) is 4.79 Å². The molecule has 1 aliphatic rings. The van der Waals surface area contributed by atoms with Gasteiger partial charge in [0.2, 0.25) is 5.91 Å². The molecule has 5 N–H and O–H groups in total. The smallest absolute Gasteiger partial charge is 0.312 e. The van der Waals surface area contributed by atoms with Gasteiger partial charge in [0.05, 0.1) is 12.5 Å². The standard InChI is InChI=1S/C22H26N4O3/c1-13-5-3-4-6-17(13)19(26-22(23)29)12-20(27)25-18-11-15(8-7-14(18)2)21(28)24-16-9-10-16/h3-8,11,16,19H,9-10,12H2,1-2H3,(H,24,28)(H,25,27)(H3,23,26,29). The molecule has 0 radical (unpaired) electrons. The average molecular weight is 394 g/mol. The normalized spacial score (nSPS) is 14.0. The molecule has 1 atom stereocenters. The lowest BCUT2D eigenvalue weighted by Gasteiger charge is -2.20. The third-order valence-electron chi connectivity index (χ3n) is 4.96. The molecule has 0 saturated heterocycles. The van der Waals surface area contributed by atoms with Gasteiger partial charge in [-0.3, -0.25) is 9.59 Å². The number of aryl methyl sites for hydroxylation is 2. The van der Waals surface area contributed by atoms with E-state index in [0.29, 0.717) is 11.3 Å². The third-order valence-corrected chi connectivity index (χ3v) is 4.96. The number of urea groups is 1. The van der Waals surface area contributed by atoms with Crippen LogP contribution in [-0.4, -0.2) is 23.9 Å². The van der Waals surface area contributed by atoms with E-state index in [1.807, 2.05) is 38.1 Å². The van der Waals surface area contributed by atoms with Crippen molar-refractivity contribution < 1.29 is 14.4 Å². The van der Waals surface area contributed by atoms with E-state index in [0.717, 1.165) is 29.5 Å². The SMILES string of the molecule is Cc1ccc(C(=O)NC2CC2)cc1NC(=O)CC(NC(N)=O)c1ccccc1C. The number of carbonyl (C=O) groups is 3. The lowest BCUT2D eigenvalue weighted by Crippen LogP contribution is -2.35. The van der Waals surface area contributed by atoms with Crippen LogP contribution in [0, 0.1) is 13.8 Å². The van der Waals surface area contributed by atoms with Crippen molar-refractivity contribution in [2.24, 2.45) is 5.73 Å². The van der Waals surface area contributed by atoms with Crippen molar-refractivity contribution in [2.75, 3.05) is 5.32 Å². The summed E-state index contributed by atoms with van der Waals surface area (Å²) in [7, 11) is 0. The van der Waals surface area contributed by atoms with Gasteiger partial charge in [-0.2, -0.15) is 0 Å². The van der Waals surface area contributed by atoms with Crippen LogP contribution in [0.3, 0.4) is 0 Å². The predicted octanol–water partition coefficient (Wildman–Crippen LogP) is 2.93. The summed E-state index contributed by atoms with van der Waals surface area (Å²) in [5.74, 6) is -0.425. The number of hydrogen-bond donors (Lipinski definition) is 4. The summed E-state index contributed by atoms with van der Waals surface area (Å²) in [5, 5.41) is 8.44. The molecule has 7 nitrogen and oxygen atoms in total. The van der Waals surface area contributed by atoms with Crippen LogP contribution in [0.5, 0.6) is 0 Å². The van der Waals surface area contributed by atoms with E-state index in [9.17, 15) is 14.4 Å². The van der Waals surface area contributed by atoms with Crippen molar-refractivity contribution in [3.63, 3.8) is 0 Å². The number of rotatable bonds is 7. The quantitative estimate of drug-likeness (QED) is 0.579. The Morgan fingerprint density at radius 2 is 1.79 bits per heavy atom. The minimum atomic E-state index is -0.694. The fourth-order valence-corrected chi connectivity index (χ4v) is 3.17. The van der Waals surface area contributed by atoms with Gasteiger partial charge in [0.1, 0.15) is 0 Å². The highest BCUT2D eigenvalue weighted by atomic mass is 16.2. The Morgan fingerprint density at radius 1 is 1.07 bits per heavy atom. The van der Waals surface area contributed by atoms with E-state index in [1.54, 1.807) is 18.2 Å². The van der Waals surface area contributed by atoms with Crippen LogP contribution in [0.25, 0.3) is 0 Å². The maximum absolute atomic E-state index is 12.7. The Bertz CT molecular complexity index is 937. The van der Waals surface area contributed by atoms with Crippen LogP contribution < -0.4 is 21.7 Å². The first kappa shape index (κ1) is 20.4. The number of primary amides is 1. The number of hydrogen-bond acceptors (Lipinski definition) is 3. The maximum atomic E-state index is 12.7. The summed E-state index contributed by atoms with van der Waals surface area (Å²) in [6.07, 6.45) is 2.04. The second-order valence-electron chi connectivity index (χ2n) is 7.45. The number of amides is 4. The van der Waals surface area contributed by atoms with Gasteiger partial charge < -0.3 is 21.7 Å². The van der Waals surface area contributed by atoms with Crippen molar-refractivity contribution in [3.8, 4) is 0 Å². The first-order valence-corrected chi connectivity index (χ1v) is 9.66. The molecule has 1 unspecified atom stereocenters. The molecule has 3 rings (SSSR count). The molecule has 29 heavy (non-hydrogen) atoms. The predicted molar refractivity (Wildman–Crippen MR) is 112 cm³/mol. The average Bonchev–Trinajstić information content (AvgIpc) is 3.47. The molecule has 0 aliphatic heterocycles. The van der Waals surface area contributed by atoms with Gasteiger partial charge >= 0.3 is 6.03 Å². The number of nitrogens with two attached hydrogens (primary N) is 1. The highest BCUT2D eigenvalue weighted by molar-refractivity contribution is 5.98. The molecule has 0 spiro atoms. The molecule has 2 aromatic carbocycles. The molecule has 152 valence electrons. The summed E-state index contributed by atoms with van der Waals surface area (Å²) in [6, 6.07) is 11.8. The summed E-state index contributed by atoms with van der Waals surface area (Å²) < 4.78 is 0. The molecule has 1 fully saturated rings. The van der Waals surface area contributed by atoms with E-state index in [2.05, 4.69) is 16.0 Å². The zero-order valence-corrected chi connectivity index (χ0v) is 16.6. The second-order valence-corrected chi connectivity index (χ2v) is 7.45. The second kappa shape index (κ2) is 8.77. The number of carbonyl (C=O) groups excluding carboxylic acids is 3. The largest absolute Gasteiger partial charge is 0.352 e. The topological polar surface area (TPSA) is 113 Å². The van der Waals surface area contributed by atoms with Crippen LogP contribution in [0.15, 0.2) is 42.5 Å². The lowest BCUT2D eigenvalue weighted by molar-refractivity contribution is -0.116. The van der Waals surface area contributed by atoms with Crippen LogP contribution >= 0.6 is 0 Å². The molecule has 0 aromatic heterocycles. The summed E-state index contributed by atoms with van der Waals surface area (Å²) in [5.41, 5.74) is 9.00. The first-order chi connectivity index (χ1) is 13.8. The van der Waals surface area contributed by atoms with E-state index in [-0.39, 0.29) is 24.3 Å². The summed E-state index contributed by atoms with van der Waals surface area (Å²) in [4.78, 5) is 36.4. The van der Waals surface area contributed by atoms with E-state index >= 15 is 0 Å². The minimum absolute atomic E-state index is 0.0196. The first-order valence-electron chi connectivity index (χ1n) is 9.66. The van der Waals surface area contributed by atoms with Gasteiger partial charge in [-0.05, 0) is 55.5 Å². The van der Waals surface area contributed by atoms with Crippen molar-refractivity contribution in [1.29, 1.82) is 0 Å². The summed E-state index contributed by atoms with van der Waals surface area (Å²) in [6.45, 7) is 3.77. The Balaban J connectivity index is 1.73. The van der Waals surface area contributed by atoms with Crippen molar-refractivity contribution in [2.45, 2.75) is 45.2 Å². The van der Waals surface area contributed by atoms with Crippen LogP contribution in [0.1, 0.15) is 52.4 Å². The Morgan fingerprint density at radius 3 is 2.45 bits per heavy atom. The van der Waals surface area contributed by atoms with E-state index in [1.165, 1.54) is 0 Å². The lowest BCUT2D eigenvalue weighted by atomic mass is 9.98. The molecule has 7 heteroatoms. The zero-order valence-electron chi connectivity index (χ0n) is 16.6. The van der Waals surface area contributed by atoms with Gasteiger partial charge in [-0.15, -0.1) is 0 Å².